The van der Waals surface area contributed by atoms with Gasteiger partial charge < -0.3 is 20.1 Å². The van der Waals surface area contributed by atoms with Crippen LogP contribution in [0.2, 0.25) is 0 Å². The molecule has 0 saturated carbocycles. The quantitative estimate of drug-likeness (QED) is 0.605. The standard InChI is InChI=1S/C19H24N4O2S/c24-18(17-8-4-9-20-17)22-11-13-23(14-12-22)19(25)21-10-5-15-26-16-6-2-1-3-7-16/h1-4,6-9,20H,5,10-15H2,(H,21,25). The predicted molar refractivity (Wildman–Crippen MR) is 103 cm³/mol. The predicted octanol–water partition coefficient (Wildman–Crippen LogP) is 2.66. The van der Waals surface area contributed by atoms with Gasteiger partial charge in [0.2, 0.25) is 0 Å². The number of nitrogens with zero attached hydrogens (tertiary/aromatic N) is 2. The summed E-state index contributed by atoms with van der Waals surface area (Å²) in [5, 5.41) is 2.97. The van der Waals surface area contributed by atoms with Crippen LogP contribution in [0.4, 0.5) is 4.79 Å². The Morgan fingerprint density at radius 3 is 2.42 bits per heavy atom. The van der Waals surface area contributed by atoms with Crippen molar-refractivity contribution in [1.29, 1.82) is 0 Å². The second kappa shape index (κ2) is 9.33. The third-order valence-electron chi connectivity index (χ3n) is 4.29. The van der Waals surface area contributed by atoms with Crippen molar-refractivity contribution in [2.24, 2.45) is 0 Å². The first kappa shape index (κ1) is 18.4. The van der Waals surface area contributed by atoms with Gasteiger partial charge >= 0.3 is 6.03 Å². The van der Waals surface area contributed by atoms with Crippen LogP contribution in [0.5, 0.6) is 0 Å². The van der Waals surface area contributed by atoms with Crippen molar-refractivity contribution >= 4 is 23.7 Å². The smallest absolute Gasteiger partial charge is 0.317 e. The van der Waals surface area contributed by atoms with Crippen LogP contribution in [0.3, 0.4) is 0 Å². The van der Waals surface area contributed by atoms with E-state index in [1.165, 1.54) is 4.90 Å². The molecular weight excluding hydrogens is 348 g/mol. The van der Waals surface area contributed by atoms with E-state index in [-0.39, 0.29) is 11.9 Å². The van der Waals surface area contributed by atoms with E-state index >= 15 is 0 Å². The topological polar surface area (TPSA) is 68.4 Å². The highest BCUT2D eigenvalue weighted by molar-refractivity contribution is 7.99. The van der Waals surface area contributed by atoms with Crippen molar-refractivity contribution < 1.29 is 9.59 Å². The summed E-state index contributed by atoms with van der Waals surface area (Å²) in [6.07, 6.45) is 2.67. The zero-order chi connectivity index (χ0) is 18.2. The molecule has 138 valence electrons. The number of hydrogen-bond donors (Lipinski definition) is 2. The van der Waals surface area contributed by atoms with E-state index in [4.69, 9.17) is 0 Å². The molecule has 0 bridgehead atoms. The average Bonchev–Trinajstić information content (AvgIpc) is 3.23. The van der Waals surface area contributed by atoms with Gasteiger partial charge in [0.1, 0.15) is 5.69 Å². The molecule has 26 heavy (non-hydrogen) atoms. The van der Waals surface area contributed by atoms with Crippen molar-refractivity contribution in [3.05, 3.63) is 54.4 Å². The van der Waals surface area contributed by atoms with E-state index < -0.39 is 0 Å². The number of carbonyl (C=O) groups excluding carboxylic acids is 2. The molecule has 2 aromatic rings. The minimum atomic E-state index is -0.0401. The second-order valence-corrected chi connectivity index (χ2v) is 7.28. The number of nitrogens with one attached hydrogen (secondary N) is 2. The number of benzene rings is 1. The molecule has 2 N–H and O–H groups in total. The first-order valence-electron chi connectivity index (χ1n) is 8.87. The average molecular weight is 372 g/mol. The number of carbonyl (C=O) groups is 2. The Morgan fingerprint density at radius 2 is 1.73 bits per heavy atom. The lowest BCUT2D eigenvalue weighted by Gasteiger charge is -2.34. The number of hydrogen-bond acceptors (Lipinski definition) is 3. The Kier molecular flexibility index (Phi) is 6.60. The second-order valence-electron chi connectivity index (χ2n) is 6.11. The van der Waals surface area contributed by atoms with Gasteiger partial charge in [0.15, 0.2) is 0 Å². The largest absolute Gasteiger partial charge is 0.357 e. The number of rotatable bonds is 6. The fraction of sp³-hybridized carbons (Fsp3) is 0.368. The molecule has 1 aliphatic heterocycles. The molecule has 1 aromatic carbocycles. The van der Waals surface area contributed by atoms with Crippen molar-refractivity contribution in [2.75, 3.05) is 38.5 Å². The maximum Gasteiger partial charge on any atom is 0.317 e. The van der Waals surface area contributed by atoms with Crippen molar-refractivity contribution in [1.82, 2.24) is 20.1 Å². The molecule has 6 nitrogen and oxygen atoms in total. The molecule has 1 aromatic heterocycles. The highest BCUT2D eigenvalue weighted by atomic mass is 32.2. The highest BCUT2D eigenvalue weighted by Crippen LogP contribution is 2.17. The first-order valence-corrected chi connectivity index (χ1v) is 9.86. The van der Waals surface area contributed by atoms with Crippen LogP contribution in [0.25, 0.3) is 0 Å². The lowest BCUT2D eigenvalue weighted by atomic mass is 10.3. The molecule has 0 atom stereocenters. The van der Waals surface area contributed by atoms with E-state index in [2.05, 4.69) is 22.4 Å². The maximum absolute atomic E-state index is 12.3. The van der Waals surface area contributed by atoms with Gasteiger partial charge in [-0.25, -0.2) is 4.79 Å². The highest BCUT2D eigenvalue weighted by Gasteiger charge is 2.24. The van der Waals surface area contributed by atoms with Crippen LogP contribution >= 0.6 is 11.8 Å². The Morgan fingerprint density at radius 1 is 1.00 bits per heavy atom. The molecule has 3 rings (SSSR count). The molecule has 0 unspecified atom stereocenters. The fourth-order valence-corrected chi connectivity index (χ4v) is 3.71. The molecule has 1 saturated heterocycles. The van der Waals surface area contributed by atoms with Gasteiger partial charge in [0, 0.05) is 43.8 Å². The molecular formula is C19H24N4O2S. The molecule has 0 radical (unpaired) electrons. The Bertz CT molecular complexity index is 698. The number of aromatic amines is 1. The Labute approximate surface area is 157 Å². The van der Waals surface area contributed by atoms with Gasteiger partial charge in [-0.2, -0.15) is 0 Å². The molecule has 3 amide bonds. The van der Waals surface area contributed by atoms with Crippen LogP contribution in [0.1, 0.15) is 16.9 Å². The Balaban J connectivity index is 1.32. The van der Waals surface area contributed by atoms with Crippen molar-refractivity contribution in [2.45, 2.75) is 11.3 Å². The van der Waals surface area contributed by atoms with E-state index in [9.17, 15) is 9.59 Å². The van der Waals surface area contributed by atoms with E-state index in [1.54, 1.807) is 33.8 Å². The van der Waals surface area contributed by atoms with Gasteiger partial charge in [-0.3, -0.25) is 4.79 Å². The number of thioether (sulfide) groups is 1. The third kappa shape index (κ3) is 5.05. The summed E-state index contributed by atoms with van der Waals surface area (Å²) >= 11 is 1.80. The molecule has 0 aliphatic carbocycles. The third-order valence-corrected chi connectivity index (χ3v) is 5.39. The zero-order valence-electron chi connectivity index (χ0n) is 14.7. The van der Waals surface area contributed by atoms with Gasteiger partial charge in [0.05, 0.1) is 0 Å². The molecule has 2 heterocycles. The summed E-state index contributed by atoms with van der Waals surface area (Å²) in [5.74, 6) is 0.968. The molecule has 0 spiro atoms. The van der Waals surface area contributed by atoms with Crippen LogP contribution in [0, 0.1) is 0 Å². The SMILES string of the molecule is O=C(NCCCSc1ccccc1)N1CCN(C(=O)c2ccc[nH]2)CC1. The summed E-state index contributed by atoms with van der Waals surface area (Å²) in [5.41, 5.74) is 0.596. The molecule has 1 aliphatic rings. The van der Waals surface area contributed by atoms with E-state index in [0.717, 1.165) is 12.2 Å². The van der Waals surface area contributed by atoms with Gasteiger partial charge in [-0.05, 0) is 36.4 Å². The number of amides is 3. The first-order chi connectivity index (χ1) is 12.7. The van der Waals surface area contributed by atoms with Crippen LogP contribution in [0.15, 0.2) is 53.6 Å². The number of piperazine rings is 1. The number of urea groups is 1. The summed E-state index contributed by atoms with van der Waals surface area (Å²) in [4.78, 5) is 32.3. The van der Waals surface area contributed by atoms with Gasteiger partial charge in [-0.15, -0.1) is 11.8 Å². The summed E-state index contributed by atoms with van der Waals surface area (Å²) in [7, 11) is 0. The lowest BCUT2D eigenvalue weighted by molar-refractivity contribution is 0.0660. The normalized spacial score (nSPS) is 14.3. The Hall–Kier alpha value is -2.41. The summed E-state index contributed by atoms with van der Waals surface area (Å²) in [6, 6.07) is 13.8. The van der Waals surface area contributed by atoms with Crippen LogP contribution < -0.4 is 5.32 Å². The maximum atomic E-state index is 12.3. The zero-order valence-corrected chi connectivity index (χ0v) is 15.5. The van der Waals surface area contributed by atoms with Crippen molar-refractivity contribution in [3.8, 4) is 0 Å². The van der Waals surface area contributed by atoms with Gasteiger partial charge in [0.25, 0.3) is 5.91 Å². The number of aromatic nitrogens is 1. The summed E-state index contributed by atoms with van der Waals surface area (Å²) < 4.78 is 0. The minimum absolute atomic E-state index is 0.00649. The lowest BCUT2D eigenvalue weighted by Crippen LogP contribution is -2.53. The van der Waals surface area contributed by atoms with Crippen LogP contribution in [-0.2, 0) is 0 Å². The van der Waals surface area contributed by atoms with Crippen molar-refractivity contribution in [3.63, 3.8) is 0 Å². The van der Waals surface area contributed by atoms with Gasteiger partial charge in [-0.1, -0.05) is 18.2 Å². The minimum Gasteiger partial charge on any atom is -0.357 e. The molecule has 1 fully saturated rings. The van der Waals surface area contributed by atoms with E-state index in [1.807, 2.05) is 24.3 Å². The van der Waals surface area contributed by atoms with E-state index in [0.29, 0.717) is 38.4 Å². The molecule has 7 heteroatoms. The monoisotopic (exact) mass is 372 g/mol. The number of H-pyrrole nitrogens is 1. The van der Waals surface area contributed by atoms with Crippen LogP contribution in [-0.4, -0.2) is 65.2 Å². The summed E-state index contributed by atoms with van der Waals surface area (Å²) in [6.45, 7) is 2.93. The fourth-order valence-electron chi connectivity index (χ4n) is 2.83.